The number of fused-ring (bicyclic) bond motifs is 1. The first-order valence-electron chi connectivity index (χ1n) is 6.64. The average Bonchev–Trinajstić information content (AvgIpc) is 2.58. The van der Waals surface area contributed by atoms with Crippen molar-refractivity contribution < 1.29 is 0 Å². The molecule has 1 aliphatic carbocycles. The van der Waals surface area contributed by atoms with Crippen molar-refractivity contribution in [2.24, 2.45) is 0 Å². The zero-order valence-electron chi connectivity index (χ0n) is 12.3. The van der Waals surface area contributed by atoms with Gasteiger partial charge in [0.25, 0.3) is 0 Å². The fourth-order valence-corrected chi connectivity index (χ4v) is 3.26. The van der Waals surface area contributed by atoms with Crippen LogP contribution in [0.4, 0.5) is 0 Å². The van der Waals surface area contributed by atoms with E-state index in [0.29, 0.717) is 0 Å². The van der Waals surface area contributed by atoms with E-state index in [9.17, 15) is 0 Å². The van der Waals surface area contributed by atoms with Crippen molar-refractivity contribution in [3.63, 3.8) is 0 Å². The van der Waals surface area contributed by atoms with Crippen LogP contribution >= 0.6 is 0 Å². The van der Waals surface area contributed by atoms with Gasteiger partial charge in [-0.05, 0) is 0 Å². The summed E-state index contributed by atoms with van der Waals surface area (Å²) in [7, 11) is 0. The molecule has 1 aliphatic rings. The van der Waals surface area contributed by atoms with Crippen LogP contribution in [0.1, 0.15) is 53.6 Å². The van der Waals surface area contributed by atoms with Gasteiger partial charge in [-0.15, -0.1) is 0 Å². The summed E-state index contributed by atoms with van der Waals surface area (Å²) in [6.45, 7) is 13.7. The van der Waals surface area contributed by atoms with E-state index in [0.717, 1.165) is 0 Å². The molecular weight excluding hydrogens is 199 g/mol. The minimum atomic E-state index is 0.253. The van der Waals surface area contributed by atoms with E-state index in [1.807, 2.05) is 0 Å². The molecule has 0 radical (unpaired) electrons. The predicted molar refractivity (Wildman–Crippen MR) is 76.8 cm³/mol. The van der Waals surface area contributed by atoms with Crippen molar-refractivity contribution in [3.8, 4) is 0 Å². The molecule has 0 heterocycles. The topological polar surface area (TPSA) is 0 Å². The van der Waals surface area contributed by atoms with E-state index in [-0.39, 0.29) is 4.09 Å². The van der Waals surface area contributed by atoms with Crippen LogP contribution in [0.25, 0.3) is 6.08 Å². The molecule has 86 valence electrons. The number of rotatable bonds is 1. The molecule has 1 unspecified atom stereocenters. The molecule has 1 aromatic rings. The summed E-state index contributed by atoms with van der Waals surface area (Å²) in [6.07, 6.45) is 3.60. The van der Waals surface area contributed by atoms with Gasteiger partial charge in [0.05, 0.1) is 0 Å². The first-order valence-corrected chi connectivity index (χ1v) is 6.64. The first kappa shape index (κ1) is 13.0. The van der Waals surface area contributed by atoms with Gasteiger partial charge in [0.2, 0.25) is 0 Å². The molecule has 0 saturated carbocycles. The molecule has 0 N–H and O–H groups in total. The zero-order chi connectivity index (χ0) is 13.0. The van der Waals surface area contributed by atoms with Gasteiger partial charge >= 0.3 is 115 Å². The third kappa shape index (κ3) is 1.58. The van der Waals surface area contributed by atoms with Crippen LogP contribution in [0.2, 0.25) is 0 Å². The van der Waals surface area contributed by atoms with Gasteiger partial charge < -0.3 is 0 Å². The van der Waals surface area contributed by atoms with Crippen molar-refractivity contribution in [3.05, 3.63) is 39.0 Å². The third-order valence-electron chi connectivity index (χ3n) is 5.23. The standard InChI is InChI=1S/C16H21.Li/c1-7-14-9(2)8-15-12(5)10(3)11(4)13(6)16(14)15;/h8H,7H2,1-6H3;. The molecule has 0 nitrogen and oxygen atoms in total. The second-order valence-corrected chi connectivity index (χ2v) is 5.80. The summed E-state index contributed by atoms with van der Waals surface area (Å²) in [5.41, 5.74) is 10.5. The number of hydrogen-bond acceptors (Lipinski definition) is 0. The summed E-state index contributed by atoms with van der Waals surface area (Å²) in [5, 5.41) is 0. The molecule has 0 spiro atoms. The van der Waals surface area contributed by atoms with Gasteiger partial charge in [-0.3, -0.25) is 0 Å². The molecular formula is C16H21Li. The van der Waals surface area contributed by atoms with Gasteiger partial charge in [-0.2, -0.15) is 0 Å². The minimum absolute atomic E-state index is 0.253. The Morgan fingerprint density at radius 1 is 0.941 bits per heavy atom. The molecule has 0 fully saturated rings. The molecule has 0 aromatic heterocycles. The molecule has 0 aliphatic heterocycles. The molecule has 0 bridgehead atoms. The summed E-state index contributed by atoms with van der Waals surface area (Å²) < 4.78 is 0.253. The number of hydrogen-bond donors (Lipinski definition) is 0. The van der Waals surface area contributed by atoms with E-state index < -0.39 is 0 Å². The summed E-state index contributed by atoms with van der Waals surface area (Å²) in [5.74, 6) is 0. The Kier molecular flexibility index (Phi) is 3.09. The van der Waals surface area contributed by atoms with Crippen LogP contribution in [0, 0.1) is 27.7 Å². The van der Waals surface area contributed by atoms with Crippen LogP contribution in [0.5, 0.6) is 0 Å². The Labute approximate surface area is 115 Å². The second kappa shape index (κ2) is 4.04. The van der Waals surface area contributed by atoms with Gasteiger partial charge in [0.15, 0.2) is 0 Å². The SMILES string of the molecule is [Li][C]1(CC)C(C)=Cc2c(C)c(C)c(C)c(C)c21. The molecule has 0 amide bonds. The Morgan fingerprint density at radius 3 is 2.00 bits per heavy atom. The van der Waals surface area contributed by atoms with Crippen LogP contribution in [-0.4, -0.2) is 17.7 Å². The first-order chi connectivity index (χ1) is 7.84. The monoisotopic (exact) mass is 220 g/mol. The van der Waals surface area contributed by atoms with Crippen LogP contribution in [-0.2, 0) is 4.09 Å². The van der Waals surface area contributed by atoms with Crippen LogP contribution in [0.15, 0.2) is 5.57 Å². The number of allylic oxidation sites excluding steroid dienone is 1. The van der Waals surface area contributed by atoms with Gasteiger partial charge in [-0.25, -0.2) is 0 Å². The van der Waals surface area contributed by atoms with Crippen molar-refractivity contribution >= 4 is 23.8 Å². The van der Waals surface area contributed by atoms with Crippen molar-refractivity contribution in [2.45, 2.75) is 52.1 Å². The van der Waals surface area contributed by atoms with Gasteiger partial charge in [-0.1, -0.05) is 0 Å². The molecule has 0 saturated heterocycles. The van der Waals surface area contributed by atoms with E-state index in [1.165, 1.54) is 39.8 Å². The van der Waals surface area contributed by atoms with E-state index in [1.54, 1.807) is 5.56 Å². The van der Waals surface area contributed by atoms with Crippen molar-refractivity contribution in [1.82, 2.24) is 0 Å². The Balaban J connectivity index is 2.87. The molecule has 1 atom stereocenters. The van der Waals surface area contributed by atoms with E-state index in [4.69, 9.17) is 0 Å². The van der Waals surface area contributed by atoms with Crippen LogP contribution < -0.4 is 0 Å². The second-order valence-electron chi connectivity index (χ2n) is 5.80. The molecule has 1 heteroatoms. The molecule has 2 rings (SSSR count). The molecule has 1 aromatic carbocycles. The maximum atomic E-state index is 2.41. The van der Waals surface area contributed by atoms with E-state index in [2.05, 4.69) is 65.3 Å². The summed E-state index contributed by atoms with van der Waals surface area (Å²) in [4.78, 5) is 0. The Hall–Kier alpha value is -0.443. The average molecular weight is 220 g/mol. The summed E-state index contributed by atoms with van der Waals surface area (Å²) in [6, 6.07) is 0. The third-order valence-corrected chi connectivity index (χ3v) is 5.23. The molecule has 17 heavy (non-hydrogen) atoms. The number of benzene rings is 1. The maximum absolute atomic E-state index is 2.41. The van der Waals surface area contributed by atoms with Crippen LogP contribution in [0.3, 0.4) is 0 Å². The normalized spacial score (nSPS) is 22.7. The zero-order valence-corrected chi connectivity index (χ0v) is 12.3. The fourth-order valence-electron chi connectivity index (χ4n) is 3.26. The predicted octanol–water partition coefficient (Wildman–Crippen LogP) is 4.11. The Bertz CT molecular complexity index is 523. The van der Waals surface area contributed by atoms with Gasteiger partial charge in [0, 0.05) is 0 Å². The summed E-state index contributed by atoms with van der Waals surface area (Å²) >= 11 is 2.39. The van der Waals surface area contributed by atoms with Crippen molar-refractivity contribution in [2.75, 3.05) is 0 Å². The van der Waals surface area contributed by atoms with Crippen molar-refractivity contribution in [1.29, 1.82) is 0 Å². The fraction of sp³-hybridized carbons (Fsp3) is 0.500. The quantitative estimate of drug-likeness (QED) is 0.625. The Morgan fingerprint density at radius 2 is 1.47 bits per heavy atom. The van der Waals surface area contributed by atoms with E-state index >= 15 is 0 Å². The van der Waals surface area contributed by atoms with Gasteiger partial charge in [0.1, 0.15) is 0 Å².